The van der Waals surface area contributed by atoms with Gasteiger partial charge in [0.05, 0.1) is 5.54 Å². The molecule has 0 heterocycles. The van der Waals surface area contributed by atoms with Crippen molar-refractivity contribution in [3.8, 4) is 0 Å². The van der Waals surface area contributed by atoms with E-state index in [4.69, 9.17) is 5.73 Å². The SMILES string of the molecule is CC(N)(C(=O)N(CC(F)(F)F)C1CC1)C1CC1. The van der Waals surface area contributed by atoms with Crippen molar-refractivity contribution in [3.05, 3.63) is 0 Å². The second-order valence-corrected chi connectivity index (χ2v) is 5.34. The van der Waals surface area contributed by atoms with Crippen LogP contribution in [-0.2, 0) is 4.79 Å². The lowest BCUT2D eigenvalue weighted by Gasteiger charge is -2.32. The number of rotatable bonds is 4. The lowest BCUT2D eigenvalue weighted by molar-refractivity contribution is -0.166. The molecule has 3 nitrogen and oxygen atoms in total. The third-order valence-corrected chi connectivity index (χ3v) is 3.48. The smallest absolute Gasteiger partial charge is 0.329 e. The first kappa shape index (κ1) is 12.7. The van der Waals surface area contributed by atoms with Crippen LogP contribution in [0.4, 0.5) is 13.2 Å². The summed E-state index contributed by atoms with van der Waals surface area (Å²) in [6.07, 6.45) is -1.37. The zero-order valence-corrected chi connectivity index (χ0v) is 9.76. The van der Waals surface area contributed by atoms with Gasteiger partial charge in [0.25, 0.3) is 0 Å². The van der Waals surface area contributed by atoms with E-state index in [1.54, 1.807) is 6.92 Å². The number of hydrogen-bond acceptors (Lipinski definition) is 2. The monoisotopic (exact) mass is 250 g/mol. The van der Waals surface area contributed by atoms with Gasteiger partial charge in [0, 0.05) is 6.04 Å². The molecule has 0 radical (unpaired) electrons. The van der Waals surface area contributed by atoms with Crippen LogP contribution < -0.4 is 5.73 Å². The lowest BCUT2D eigenvalue weighted by Crippen LogP contribution is -2.57. The van der Waals surface area contributed by atoms with E-state index in [1.807, 2.05) is 0 Å². The fourth-order valence-electron chi connectivity index (χ4n) is 2.11. The molecule has 1 amide bonds. The van der Waals surface area contributed by atoms with E-state index in [0.717, 1.165) is 17.7 Å². The van der Waals surface area contributed by atoms with Crippen molar-refractivity contribution in [2.45, 2.75) is 50.4 Å². The molecular formula is C11H17F3N2O. The maximum absolute atomic E-state index is 12.4. The first-order chi connectivity index (χ1) is 7.72. The molecule has 0 aromatic rings. The molecule has 98 valence electrons. The van der Waals surface area contributed by atoms with Gasteiger partial charge in [-0.2, -0.15) is 13.2 Å². The molecule has 0 aromatic heterocycles. The average molecular weight is 250 g/mol. The summed E-state index contributed by atoms with van der Waals surface area (Å²) in [5.41, 5.74) is 4.76. The number of amides is 1. The summed E-state index contributed by atoms with van der Waals surface area (Å²) in [6, 6.07) is -0.259. The Bertz CT molecular complexity index is 319. The summed E-state index contributed by atoms with van der Waals surface area (Å²) in [5.74, 6) is -0.496. The second kappa shape index (κ2) is 3.86. The minimum atomic E-state index is -4.35. The average Bonchev–Trinajstić information content (AvgIpc) is 3.02. The summed E-state index contributed by atoms with van der Waals surface area (Å²) in [7, 11) is 0. The minimum Gasteiger partial charge on any atom is -0.329 e. The van der Waals surface area contributed by atoms with Crippen LogP contribution >= 0.6 is 0 Å². The molecule has 17 heavy (non-hydrogen) atoms. The molecule has 1 atom stereocenters. The van der Waals surface area contributed by atoms with Gasteiger partial charge in [0.15, 0.2) is 0 Å². The van der Waals surface area contributed by atoms with E-state index >= 15 is 0 Å². The summed E-state index contributed by atoms with van der Waals surface area (Å²) in [5, 5.41) is 0. The summed E-state index contributed by atoms with van der Waals surface area (Å²) < 4.78 is 37.3. The summed E-state index contributed by atoms with van der Waals surface area (Å²) in [6.45, 7) is 0.384. The highest BCUT2D eigenvalue weighted by Gasteiger charge is 2.50. The van der Waals surface area contributed by atoms with Crippen molar-refractivity contribution in [2.75, 3.05) is 6.54 Å². The quantitative estimate of drug-likeness (QED) is 0.825. The predicted molar refractivity (Wildman–Crippen MR) is 56.1 cm³/mol. The Morgan fingerprint density at radius 2 is 1.82 bits per heavy atom. The van der Waals surface area contributed by atoms with Gasteiger partial charge in [0.2, 0.25) is 5.91 Å². The van der Waals surface area contributed by atoms with Crippen LogP contribution in [0.15, 0.2) is 0 Å². The molecule has 0 aliphatic heterocycles. The zero-order chi connectivity index (χ0) is 12.8. The molecule has 2 rings (SSSR count). The highest BCUT2D eigenvalue weighted by Crippen LogP contribution is 2.41. The van der Waals surface area contributed by atoms with E-state index in [1.165, 1.54) is 0 Å². The molecule has 0 saturated heterocycles. The van der Waals surface area contributed by atoms with Crippen LogP contribution in [0.25, 0.3) is 0 Å². The molecule has 2 fully saturated rings. The first-order valence-electron chi connectivity index (χ1n) is 5.88. The molecule has 6 heteroatoms. The highest BCUT2D eigenvalue weighted by molar-refractivity contribution is 5.87. The Morgan fingerprint density at radius 3 is 2.18 bits per heavy atom. The van der Waals surface area contributed by atoms with Gasteiger partial charge in [-0.05, 0) is 38.5 Å². The molecule has 1 unspecified atom stereocenters. The van der Waals surface area contributed by atoms with Gasteiger partial charge >= 0.3 is 6.18 Å². The molecule has 2 N–H and O–H groups in total. The third kappa shape index (κ3) is 2.91. The van der Waals surface area contributed by atoms with Gasteiger partial charge in [0.1, 0.15) is 6.54 Å². The van der Waals surface area contributed by atoms with E-state index in [-0.39, 0.29) is 12.0 Å². The topological polar surface area (TPSA) is 46.3 Å². The van der Waals surface area contributed by atoms with Gasteiger partial charge in [-0.3, -0.25) is 4.79 Å². The van der Waals surface area contributed by atoms with Gasteiger partial charge in [-0.1, -0.05) is 0 Å². The third-order valence-electron chi connectivity index (χ3n) is 3.48. The molecule has 2 saturated carbocycles. The molecular weight excluding hydrogens is 233 g/mol. The van der Waals surface area contributed by atoms with Gasteiger partial charge in [-0.15, -0.1) is 0 Å². The molecule has 0 bridgehead atoms. The second-order valence-electron chi connectivity index (χ2n) is 5.34. The normalized spacial score (nSPS) is 24.3. The number of carbonyl (C=O) groups is 1. The molecule has 2 aliphatic rings. The largest absolute Gasteiger partial charge is 0.406 e. The predicted octanol–water partition coefficient (Wildman–Crippen LogP) is 1.67. The Balaban J connectivity index is 2.07. The highest BCUT2D eigenvalue weighted by atomic mass is 19.4. The Morgan fingerprint density at radius 1 is 1.29 bits per heavy atom. The number of nitrogens with zero attached hydrogens (tertiary/aromatic N) is 1. The lowest BCUT2D eigenvalue weighted by atomic mass is 9.95. The molecule has 0 spiro atoms. The molecule has 0 aromatic carbocycles. The van der Waals surface area contributed by atoms with E-state index in [9.17, 15) is 18.0 Å². The summed E-state index contributed by atoms with van der Waals surface area (Å²) in [4.78, 5) is 13.0. The van der Waals surface area contributed by atoms with E-state index in [0.29, 0.717) is 12.8 Å². The van der Waals surface area contributed by atoms with Gasteiger partial charge in [-0.25, -0.2) is 0 Å². The van der Waals surface area contributed by atoms with Crippen molar-refractivity contribution in [3.63, 3.8) is 0 Å². The van der Waals surface area contributed by atoms with Crippen LogP contribution in [0, 0.1) is 5.92 Å². The Kier molecular flexibility index (Phi) is 2.88. The van der Waals surface area contributed by atoms with Crippen molar-refractivity contribution in [1.29, 1.82) is 0 Å². The van der Waals surface area contributed by atoms with Crippen molar-refractivity contribution in [1.82, 2.24) is 4.90 Å². The van der Waals surface area contributed by atoms with Gasteiger partial charge < -0.3 is 10.6 Å². The fraction of sp³-hybridized carbons (Fsp3) is 0.909. The number of nitrogens with two attached hydrogens (primary N) is 1. The summed E-state index contributed by atoms with van der Waals surface area (Å²) >= 11 is 0. The van der Waals surface area contributed by atoms with Crippen LogP contribution in [0.5, 0.6) is 0 Å². The zero-order valence-electron chi connectivity index (χ0n) is 9.76. The molecule has 2 aliphatic carbocycles. The standard InChI is InChI=1S/C11H17F3N2O/c1-10(15,7-2-3-7)9(17)16(8-4-5-8)6-11(12,13)14/h7-8H,2-6,15H2,1H3. The minimum absolute atomic E-state index is 0.0458. The maximum atomic E-state index is 12.4. The first-order valence-corrected chi connectivity index (χ1v) is 5.88. The van der Waals surface area contributed by atoms with Crippen LogP contribution in [0.1, 0.15) is 32.6 Å². The number of halogens is 3. The van der Waals surface area contributed by atoms with Crippen LogP contribution in [0.3, 0.4) is 0 Å². The fourth-order valence-corrected chi connectivity index (χ4v) is 2.11. The number of hydrogen-bond donors (Lipinski definition) is 1. The number of carbonyl (C=O) groups excluding carboxylic acids is 1. The Labute approximate surface area is 98.1 Å². The van der Waals surface area contributed by atoms with Crippen molar-refractivity contribution < 1.29 is 18.0 Å². The van der Waals surface area contributed by atoms with Crippen LogP contribution in [0.2, 0.25) is 0 Å². The Hall–Kier alpha value is -0.780. The van der Waals surface area contributed by atoms with Crippen molar-refractivity contribution >= 4 is 5.91 Å². The number of alkyl halides is 3. The van der Waals surface area contributed by atoms with Crippen molar-refractivity contribution in [2.24, 2.45) is 11.7 Å². The van der Waals surface area contributed by atoms with E-state index < -0.39 is 24.2 Å². The van der Waals surface area contributed by atoms with Crippen LogP contribution in [-0.4, -0.2) is 35.1 Å². The maximum Gasteiger partial charge on any atom is 0.406 e. The van der Waals surface area contributed by atoms with E-state index in [2.05, 4.69) is 0 Å².